The average molecular weight is 577 g/mol. The van der Waals surface area contributed by atoms with E-state index in [1.807, 2.05) is 78.4 Å². The van der Waals surface area contributed by atoms with Crippen LogP contribution in [-0.4, -0.2) is 62.6 Å². The molecule has 3 aromatic carbocycles. The Balaban J connectivity index is 1.45. The van der Waals surface area contributed by atoms with Crippen molar-refractivity contribution in [1.29, 1.82) is 0 Å². The zero-order chi connectivity index (χ0) is 29.1. The SMILES string of the molecule is CCn1cc2c3c(cc(C(=O)N[C@@H](Cc4ccccc4)[C@H](O)CNc4cccc(OC)c4)cc31)N(C)S(=O)(=O)CC2. The van der Waals surface area contributed by atoms with Crippen molar-refractivity contribution in [3.05, 3.63) is 89.6 Å². The van der Waals surface area contributed by atoms with Crippen LogP contribution in [0, 0.1) is 0 Å². The molecule has 2 heterocycles. The van der Waals surface area contributed by atoms with Gasteiger partial charge in [-0.05, 0) is 55.2 Å². The number of carbonyl (C=O) groups excluding carboxylic acids is 1. The van der Waals surface area contributed by atoms with E-state index in [2.05, 4.69) is 10.6 Å². The average Bonchev–Trinajstić information content (AvgIpc) is 3.31. The Morgan fingerprint density at radius 1 is 1.10 bits per heavy atom. The van der Waals surface area contributed by atoms with Crippen molar-refractivity contribution in [1.82, 2.24) is 9.88 Å². The van der Waals surface area contributed by atoms with Crippen molar-refractivity contribution in [2.24, 2.45) is 0 Å². The number of ether oxygens (including phenoxy) is 1. The molecule has 2 atom stereocenters. The standard InChI is InChI=1S/C31H36N4O5S/c1-4-35-20-22-13-14-41(38,39)34(2)27-16-23(17-28(35)30(22)27)31(37)33-26(15-21-9-6-5-7-10-21)29(36)19-32-24-11-8-12-25(18-24)40-3/h5-12,16-18,20,26,29,32,36H,4,13-15,19H2,1-3H3,(H,33,37)/t26-,29+/m0/s1. The Kier molecular flexibility index (Phi) is 8.23. The predicted octanol–water partition coefficient (Wildman–Crippen LogP) is 3.81. The molecule has 0 spiro atoms. The Labute approximate surface area is 240 Å². The Morgan fingerprint density at radius 2 is 1.88 bits per heavy atom. The van der Waals surface area contributed by atoms with Crippen LogP contribution < -0.4 is 19.7 Å². The number of benzene rings is 3. The van der Waals surface area contributed by atoms with Crippen LogP contribution in [-0.2, 0) is 29.4 Å². The van der Waals surface area contributed by atoms with Gasteiger partial charge in [0.05, 0.1) is 36.2 Å². The van der Waals surface area contributed by atoms with Crippen molar-refractivity contribution in [2.45, 2.75) is 38.5 Å². The number of amides is 1. The first kappa shape index (κ1) is 28.5. The summed E-state index contributed by atoms with van der Waals surface area (Å²) in [5.74, 6) is 0.319. The van der Waals surface area contributed by atoms with Gasteiger partial charge in [-0.3, -0.25) is 9.10 Å². The van der Waals surface area contributed by atoms with Gasteiger partial charge < -0.3 is 25.0 Å². The number of aliphatic hydroxyl groups excluding tert-OH is 1. The lowest BCUT2D eigenvalue weighted by atomic mass is 9.99. The molecule has 1 aliphatic rings. The number of hydrogen-bond acceptors (Lipinski definition) is 6. The molecular formula is C31H36N4O5S. The summed E-state index contributed by atoms with van der Waals surface area (Å²) in [5.41, 5.74) is 4.35. The molecule has 9 nitrogen and oxygen atoms in total. The summed E-state index contributed by atoms with van der Waals surface area (Å²) in [4.78, 5) is 13.8. The zero-order valence-corrected chi connectivity index (χ0v) is 24.3. The number of aromatic nitrogens is 1. The van der Waals surface area contributed by atoms with Gasteiger partial charge in [0.25, 0.3) is 5.91 Å². The lowest BCUT2D eigenvalue weighted by Crippen LogP contribution is -2.47. The molecule has 5 rings (SSSR count). The molecule has 1 amide bonds. The third-order valence-electron chi connectivity index (χ3n) is 7.69. The van der Waals surface area contributed by atoms with Gasteiger partial charge in [-0.25, -0.2) is 8.42 Å². The van der Waals surface area contributed by atoms with Gasteiger partial charge in [0.15, 0.2) is 0 Å². The second-order valence-electron chi connectivity index (χ2n) is 10.3. The summed E-state index contributed by atoms with van der Waals surface area (Å²) in [7, 11) is -0.391. The quantitative estimate of drug-likeness (QED) is 0.265. The van der Waals surface area contributed by atoms with E-state index in [-0.39, 0.29) is 18.2 Å². The van der Waals surface area contributed by atoms with Crippen LogP contribution in [0.25, 0.3) is 10.9 Å². The monoisotopic (exact) mass is 576 g/mol. The Bertz CT molecular complexity index is 1650. The highest BCUT2D eigenvalue weighted by molar-refractivity contribution is 7.92. The normalized spacial score (nSPS) is 15.7. The van der Waals surface area contributed by atoms with E-state index >= 15 is 0 Å². The highest BCUT2D eigenvalue weighted by atomic mass is 32.2. The van der Waals surface area contributed by atoms with E-state index in [4.69, 9.17) is 4.74 Å². The number of sulfonamides is 1. The molecule has 216 valence electrons. The summed E-state index contributed by atoms with van der Waals surface area (Å²) in [5, 5.41) is 18.4. The van der Waals surface area contributed by atoms with E-state index < -0.39 is 22.2 Å². The molecule has 0 bridgehead atoms. The number of nitrogens with one attached hydrogen (secondary N) is 2. The molecule has 4 aromatic rings. The van der Waals surface area contributed by atoms with E-state index in [1.165, 1.54) is 11.4 Å². The van der Waals surface area contributed by atoms with Crippen molar-refractivity contribution >= 4 is 38.2 Å². The maximum atomic E-state index is 13.8. The third kappa shape index (κ3) is 6.03. The summed E-state index contributed by atoms with van der Waals surface area (Å²) >= 11 is 0. The van der Waals surface area contributed by atoms with Gasteiger partial charge in [-0.15, -0.1) is 0 Å². The summed E-state index contributed by atoms with van der Waals surface area (Å²) in [6.07, 6.45) is 1.88. The van der Waals surface area contributed by atoms with Crippen LogP contribution in [0.1, 0.15) is 28.4 Å². The number of carbonyl (C=O) groups is 1. The van der Waals surface area contributed by atoms with Crippen molar-refractivity contribution in [3.63, 3.8) is 0 Å². The van der Waals surface area contributed by atoms with E-state index in [1.54, 1.807) is 13.2 Å². The number of aliphatic hydroxyl groups is 1. The fourth-order valence-corrected chi connectivity index (χ4v) is 6.54. The van der Waals surface area contributed by atoms with Crippen LogP contribution in [0.4, 0.5) is 11.4 Å². The minimum Gasteiger partial charge on any atom is -0.497 e. The lowest BCUT2D eigenvalue weighted by Gasteiger charge is -2.26. The predicted molar refractivity (Wildman–Crippen MR) is 162 cm³/mol. The fourth-order valence-electron chi connectivity index (χ4n) is 5.35. The molecule has 0 fully saturated rings. The minimum absolute atomic E-state index is 0.00810. The van der Waals surface area contributed by atoms with Gasteiger partial charge in [-0.2, -0.15) is 0 Å². The molecule has 1 aromatic heterocycles. The smallest absolute Gasteiger partial charge is 0.251 e. The van der Waals surface area contributed by atoms with Crippen LogP contribution >= 0.6 is 0 Å². The highest BCUT2D eigenvalue weighted by Crippen LogP contribution is 2.37. The number of aryl methyl sites for hydroxylation is 2. The maximum absolute atomic E-state index is 13.8. The molecule has 10 heteroatoms. The summed E-state index contributed by atoms with van der Waals surface area (Å²) in [6, 6.07) is 19.9. The van der Waals surface area contributed by atoms with Crippen molar-refractivity contribution in [2.75, 3.05) is 36.1 Å². The maximum Gasteiger partial charge on any atom is 0.251 e. The van der Waals surface area contributed by atoms with Gasteiger partial charge in [0.2, 0.25) is 10.0 Å². The number of hydrogen-bond donors (Lipinski definition) is 3. The van der Waals surface area contributed by atoms with Crippen molar-refractivity contribution in [3.8, 4) is 5.75 Å². The first-order chi connectivity index (χ1) is 19.7. The third-order valence-corrected chi connectivity index (χ3v) is 9.44. The highest BCUT2D eigenvalue weighted by Gasteiger charge is 2.29. The molecule has 0 unspecified atom stereocenters. The van der Waals surface area contributed by atoms with Crippen LogP contribution in [0.15, 0.2) is 72.9 Å². The van der Waals surface area contributed by atoms with Crippen LogP contribution in [0.3, 0.4) is 0 Å². The minimum atomic E-state index is -3.52. The van der Waals surface area contributed by atoms with Gasteiger partial charge >= 0.3 is 0 Å². The molecule has 0 saturated carbocycles. The largest absolute Gasteiger partial charge is 0.497 e. The van der Waals surface area contributed by atoms with Crippen LogP contribution in [0.5, 0.6) is 5.75 Å². The molecule has 0 radical (unpaired) electrons. The fraction of sp³-hybridized carbons (Fsp3) is 0.323. The van der Waals surface area contributed by atoms with E-state index in [0.29, 0.717) is 36.4 Å². The van der Waals surface area contributed by atoms with Crippen molar-refractivity contribution < 1.29 is 23.1 Å². The van der Waals surface area contributed by atoms with Crippen LogP contribution in [0.2, 0.25) is 0 Å². The molecular weight excluding hydrogens is 540 g/mol. The van der Waals surface area contributed by atoms with Gasteiger partial charge in [0, 0.05) is 49.0 Å². The number of methoxy groups -OCH3 is 1. The summed E-state index contributed by atoms with van der Waals surface area (Å²) < 4.78 is 34.4. The zero-order valence-electron chi connectivity index (χ0n) is 23.5. The second kappa shape index (κ2) is 11.8. The second-order valence-corrected chi connectivity index (χ2v) is 12.4. The Morgan fingerprint density at radius 3 is 2.61 bits per heavy atom. The first-order valence-corrected chi connectivity index (χ1v) is 15.3. The molecule has 0 aliphatic carbocycles. The summed E-state index contributed by atoms with van der Waals surface area (Å²) in [6.45, 7) is 2.89. The molecule has 3 N–H and O–H groups in total. The Hall–Kier alpha value is -4.02. The van der Waals surface area contributed by atoms with E-state index in [9.17, 15) is 18.3 Å². The topological polar surface area (TPSA) is 113 Å². The van der Waals surface area contributed by atoms with Gasteiger partial charge in [-0.1, -0.05) is 36.4 Å². The number of nitrogens with zero attached hydrogens (tertiary/aromatic N) is 2. The number of rotatable bonds is 10. The molecule has 41 heavy (non-hydrogen) atoms. The van der Waals surface area contributed by atoms with E-state index in [0.717, 1.165) is 27.7 Å². The molecule has 1 aliphatic heterocycles. The first-order valence-electron chi connectivity index (χ1n) is 13.7. The van der Waals surface area contributed by atoms with Gasteiger partial charge in [0.1, 0.15) is 5.75 Å². The number of anilines is 2. The lowest BCUT2D eigenvalue weighted by molar-refractivity contribution is 0.0851. The molecule has 0 saturated heterocycles.